The first-order valence-electron chi connectivity index (χ1n) is 18.5. The molecule has 1 aliphatic rings. The highest BCUT2D eigenvalue weighted by atomic mass is 32.1. The zero-order valence-electron chi connectivity index (χ0n) is 29.7. The number of hydrogen-bond acceptors (Lipinski definition) is 7. The van der Waals surface area contributed by atoms with Gasteiger partial charge in [-0.25, -0.2) is 4.98 Å². The number of hydrogen-bond donors (Lipinski definition) is 0. The molecule has 0 aliphatic carbocycles. The van der Waals surface area contributed by atoms with Gasteiger partial charge in [0.05, 0.1) is 12.1 Å². The van der Waals surface area contributed by atoms with Crippen molar-refractivity contribution in [3.8, 4) is 11.6 Å². The normalized spacial score (nSPS) is 14.4. The highest BCUT2D eigenvalue weighted by Gasteiger charge is 2.18. The van der Waals surface area contributed by atoms with E-state index in [-0.39, 0.29) is 5.97 Å². The summed E-state index contributed by atoms with van der Waals surface area (Å²) in [6.07, 6.45) is 26.8. The Morgan fingerprint density at radius 3 is 2.38 bits per heavy atom. The van der Waals surface area contributed by atoms with E-state index in [1.165, 1.54) is 15.8 Å². The Balaban J connectivity index is 0.927. The Kier molecular flexibility index (Phi) is 15.7. The number of aromatic nitrogens is 1. The lowest BCUT2D eigenvalue weighted by molar-refractivity contribution is -0.134. The number of allylic oxidation sites excluding steroid dienone is 8. The quantitative estimate of drug-likeness (QED) is 0.0522. The van der Waals surface area contributed by atoms with Crippen molar-refractivity contribution >= 4 is 44.0 Å². The first kappa shape index (κ1) is 37.1. The molecule has 1 aliphatic heterocycles. The van der Waals surface area contributed by atoms with Crippen LogP contribution in [-0.4, -0.2) is 55.2 Å². The maximum atomic E-state index is 12.5. The first-order valence-corrected chi connectivity index (χ1v) is 19.4. The number of benzene rings is 2. The van der Waals surface area contributed by atoms with Crippen molar-refractivity contribution in [2.45, 2.75) is 71.1 Å². The van der Waals surface area contributed by atoms with Crippen LogP contribution < -0.4 is 14.4 Å². The fraction of sp³-hybridized carbons (Fsp3) is 0.395. The van der Waals surface area contributed by atoms with Crippen molar-refractivity contribution in [1.29, 1.82) is 0 Å². The minimum absolute atomic E-state index is 0.240. The van der Waals surface area contributed by atoms with Gasteiger partial charge in [0.2, 0.25) is 5.88 Å². The Hall–Kier alpha value is -4.20. The van der Waals surface area contributed by atoms with Gasteiger partial charge in [-0.1, -0.05) is 61.6 Å². The largest absolute Gasteiger partial charge is 0.494 e. The lowest BCUT2D eigenvalue weighted by atomic mass is 10.2. The second-order valence-electron chi connectivity index (χ2n) is 12.7. The molecule has 2 aromatic carbocycles. The van der Waals surface area contributed by atoms with E-state index in [9.17, 15) is 4.79 Å². The number of thiophene rings is 1. The van der Waals surface area contributed by atoms with E-state index < -0.39 is 0 Å². The average Bonchev–Trinajstić information content (AvgIpc) is 3.63. The third-order valence-corrected chi connectivity index (χ3v) is 9.78. The van der Waals surface area contributed by atoms with Crippen LogP contribution in [0, 0.1) is 0 Å². The van der Waals surface area contributed by atoms with E-state index in [2.05, 4.69) is 100.0 Å². The number of rotatable bonds is 20. The van der Waals surface area contributed by atoms with Gasteiger partial charge in [0.1, 0.15) is 5.75 Å². The summed E-state index contributed by atoms with van der Waals surface area (Å²) in [7, 11) is 0. The summed E-state index contributed by atoms with van der Waals surface area (Å²) in [6.45, 7) is 8.24. The summed E-state index contributed by atoms with van der Waals surface area (Å²) < 4.78 is 13.0. The van der Waals surface area contributed by atoms with Gasteiger partial charge in [0.15, 0.2) is 0 Å². The number of carbonyl (C=O) groups is 1. The second kappa shape index (κ2) is 21.1. The zero-order chi connectivity index (χ0) is 34.6. The van der Waals surface area contributed by atoms with Crippen LogP contribution in [0.2, 0.25) is 0 Å². The van der Waals surface area contributed by atoms with Gasteiger partial charge in [-0.05, 0) is 106 Å². The maximum Gasteiger partial charge on any atom is 0.312 e. The molecule has 0 unspecified atom stereocenters. The highest BCUT2D eigenvalue weighted by molar-refractivity contribution is 7.17. The SMILES string of the molecule is CC/C=C\C/C=C\C/C=C\C/C=C\CCCCC(=O)Oc1ccc2ccc(OCCCCN3CCN(c4cccc5sccc45)CC3)cc2n1. The van der Waals surface area contributed by atoms with Gasteiger partial charge >= 0.3 is 5.97 Å². The van der Waals surface area contributed by atoms with Gasteiger partial charge in [-0.15, -0.1) is 11.3 Å². The molecule has 0 atom stereocenters. The van der Waals surface area contributed by atoms with Crippen LogP contribution in [0.4, 0.5) is 5.69 Å². The van der Waals surface area contributed by atoms with Crippen molar-refractivity contribution in [3.05, 3.63) is 109 Å². The molecular weight excluding hydrogens is 639 g/mol. The maximum absolute atomic E-state index is 12.5. The summed E-state index contributed by atoms with van der Waals surface area (Å²) in [5.74, 6) is 0.891. The molecule has 0 N–H and O–H groups in total. The summed E-state index contributed by atoms with van der Waals surface area (Å²) in [4.78, 5) is 22.1. The fourth-order valence-electron chi connectivity index (χ4n) is 6.12. The molecule has 1 fully saturated rings. The number of unbranched alkanes of at least 4 members (excludes halogenated alkanes) is 3. The van der Waals surface area contributed by atoms with E-state index >= 15 is 0 Å². The molecule has 3 heterocycles. The number of ether oxygens (including phenoxy) is 2. The van der Waals surface area contributed by atoms with Crippen molar-refractivity contribution in [1.82, 2.24) is 9.88 Å². The Morgan fingerprint density at radius 1 is 0.820 bits per heavy atom. The summed E-state index contributed by atoms with van der Waals surface area (Å²) in [5, 5.41) is 4.56. The minimum Gasteiger partial charge on any atom is -0.494 e. The third-order valence-electron chi connectivity index (χ3n) is 8.90. The van der Waals surface area contributed by atoms with Crippen LogP contribution in [0.5, 0.6) is 11.6 Å². The summed E-state index contributed by atoms with van der Waals surface area (Å²) in [5.41, 5.74) is 2.14. The smallest absolute Gasteiger partial charge is 0.312 e. The molecule has 7 heteroatoms. The molecule has 5 rings (SSSR count). The van der Waals surface area contributed by atoms with Gasteiger partial charge in [-0.2, -0.15) is 0 Å². The Bertz CT molecular complexity index is 1730. The molecule has 264 valence electrons. The van der Waals surface area contributed by atoms with E-state index in [0.717, 1.165) is 107 Å². The van der Waals surface area contributed by atoms with Crippen LogP contribution in [-0.2, 0) is 4.79 Å². The monoisotopic (exact) mass is 691 g/mol. The molecule has 1 saturated heterocycles. The number of pyridine rings is 1. The molecule has 0 saturated carbocycles. The molecule has 4 aromatic rings. The zero-order valence-corrected chi connectivity index (χ0v) is 30.5. The van der Waals surface area contributed by atoms with Crippen LogP contribution in [0.15, 0.2) is 109 Å². The number of piperazine rings is 1. The number of carbonyl (C=O) groups excluding carboxylic acids is 1. The molecule has 0 amide bonds. The van der Waals surface area contributed by atoms with E-state index in [1.54, 1.807) is 6.07 Å². The predicted octanol–water partition coefficient (Wildman–Crippen LogP) is 10.7. The molecule has 0 spiro atoms. The van der Waals surface area contributed by atoms with Crippen molar-refractivity contribution in [3.63, 3.8) is 0 Å². The number of fused-ring (bicyclic) bond motifs is 2. The first-order chi connectivity index (χ1) is 24.7. The third kappa shape index (κ3) is 12.3. The molecule has 0 bridgehead atoms. The molecule has 50 heavy (non-hydrogen) atoms. The molecular formula is C43H53N3O3S. The highest BCUT2D eigenvalue weighted by Crippen LogP contribution is 2.31. The second-order valence-corrected chi connectivity index (χ2v) is 13.7. The standard InChI is InChI=1S/C43H53N3O3S/c1-2-3-4-5-6-7-8-9-10-11-12-13-14-15-16-22-43(47)49-42-26-24-36-23-25-37(35-39(36)44-42)48-33-18-17-28-45-29-31-46(32-30-45)40-20-19-21-41-38(40)27-34-50-41/h3-4,6-7,9-10,12-13,19-21,23-27,34-35H,2,5,8,11,14-18,22,28-33H2,1H3/b4-3-,7-6-,10-9-,13-12-. The molecule has 6 nitrogen and oxygen atoms in total. The number of nitrogens with zero attached hydrogens (tertiary/aromatic N) is 3. The van der Waals surface area contributed by atoms with E-state index in [1.807, 2.05) is 35.6 Å². The van der Waals surface area contributed by atoms with Crippen LogP contribution in [0.25, 0.3) is 21.0 Å². The lowest BCUT2D eigenvalue weighted by Crippen LogP contribution is -2.46. The topological polar surface area (TPSA) is 54.9 Å². The number of anilines is 1. The number of esters is 1. The fourth-order valence-corrected chi connectivity index (χ4v) is 6.92. The molecule has 2 aromatic heterocycles. The molecule has 0 radical (unpaired) electrons. The van der Waals surface area contributed by atoms with Gasteiger partial charge in [0.25, 0.3) is 0 Å². The van der Waals surface area contributed by atoms with Gasteiger partial charge < -0.3 is 14.4 Å². The van der Waals surface area contributed by atoms with Crippen LogP contribution in [0.1, 0.15) is 71.1 Å². The van der Waals surface area contributed by atoms with Crippen LogP contribution >= 0.6 is 11.3 Å². The van der Waals surface area contributed by atoms with Gasteiger partial charge in [0, 0.05) is 65.9 Å². The Morgan fingerprint density at radius 2 is 1.58 bits per heavy atom. The van der Waals surface area contributed by atoms with Gasteiger partial charge in [-0.3, -0.25) is 9.69 Å². The predicted molar refractivity (Wildman–Crippen MR) is 212 cm³/mol. The summed E-state index contributed by atoms with van der Waals surface area (Å²) >= 11 is 1.82. The van der Waals surface area contributed by atoms with Crippen molar-refractivity contribution < 1.29 is 14.3 Å². The van der Waals surface area contributed by atoms with Crippen molar-refractivity contribution in [2.24, 2.45) is 0 Å². The van der Waals surface area contributed by atoms with E-state index in [4.69, 9.17) is 9.47 Å². The average molecular weight is 692 g/mol. The van der Waals surface area contributed by atoms with Crippen LogP contribution in [0.3, 0.4) is 0 Å². The summed E-state index contributed by atoms with van der Waals surface area (Å²) in [6, 6.07) is 18.5. The van der Waals surface area contributed by atoms with E-state index in [0.29, 0.717) is 18.9 Å². The minimum atomic E-state index is -0.240. The van der Waals surface area contributed by atoms with Crippen molar-refractivity contribution in [2.75, 3.05) is 44.2 Å². The lowest BCUT2D eigenvalue weighted by Gasteiger charge is -2.36. The Labute approximate surface area is 302 Å².